The van der Waals surface area contributed by atoms with Crippen LogP contribution in [0.5, 0.6) is 0 Å². The summed E-state index contributed by atoms with van der Waals surface area (Å²) < 4.78 is 0. The Morgan fingerprint density at radius 2 is 1.25 bits per heavy atom. The number of carboxylic acid groups (broad SMARTS) is 2. The summed E-state index contributed by atoms with van der Waals surface area (Å²) in [6, 6.07) is 2.80. The number of allylic oxidation sites excluding steroid dienone is 2. The Bertz CT molecular complexity index is 448. The van der Waals surface area contributed by atoms with Crippen LogP contribution in [0.2, 0.25) is 0 Å². The second-order valence-electron chi connectivity index (χ2n) is 3.17. The summed E-state index contributed by atoms with van der Waals surface area (Å²) in [5, 5.41) is 35.8. The molecule has 0 aromatic rings. The topological polar surface area (TPSA) is 122 Å². The molecule has 2 N–H and O–H groups in total. The minimum absolute atomic E-state index is 0.909. The second kappa shape index (κ2) is 3.52. The standard InChI is InChI=1S/C10H6N2O4/c11-5-9(7(13)14)3-1-2-4-10(9,6-12)8(15)16/h1-4H,(H,13,14)(H,15,16). The Morgan fingerprint density at radius 3 is 1.44 bits per heavy atom. The fraction of sp³-hybridized carbons (Fsp3) is 0.200. The zero-order valence-corrected chi connectivity index (χ0v) is 7.91. The van der Waals surface area contributed by atoms with Crippen LogP contribution in [0.4, 0.5) is 0 Å². The number of nitriles is 2. The molecule has 6 heteroatoms. The van der Waals surface area contributed by atoms with E-state index in [9.17, 15) is 9.59 Å². The Kier molecular flexibility index (Phi) is 2.52. The summed E-state index contributed by atoms with van der Waals surface area (Å²) in [4.78, 5) is 22.1. The fourth-order valence-electron chi connectivity index (χ4n) is 1.49. The van der Waals surface area contributed by atoms with Gasteiger partial charge in [0.2, 0.25) is 10.8 Å². The first-order valence-corrected chi connectivity index (χ1v) is 4.13. The number of hydrogen-bond acceptors (Lipinski definition) is 4. The molecule has 0 aromatic heterocycles. The van der Waals surface area contributed by atoms with E-state index in [2.05, 4.69) is 0 Å². The molecule has 2 atom stereocenters. The first-order chi connectivity index (χ1) is 7.47. The third-order valence-electron chi connectivity index (χ3n) is 2.45. The van der Waals surface area contributed by atoms with Gasteiger partial charge in [-0.1, -0.05) is 24.3 Å². The maximum Gasteiger partial charge on any atom is 0.330 e. The highest BCUT2D eigenvalue weighted by molar-refractivity contribution is 5.95. The van der Waals surface area contributed by atoms with E-state index in [0.717, 1.165) is 12.2 Å². The molecule has 0 bridgehead atoms. The summed E-state index contributed by atoms with van der Waals surface area (Å²) in [5.74, 6) is -3.33. The largest absolute Gasteiger partial charge is 0.480 e. The summed E-state index contributed by atoms with van der Waals surface area (Å²) in [5.41, 5.74) is -4.80. The van der Waals surface area contributed by atoms with Crippen molar-refractivity contribution in [3.8, 4) is 12.1 Å². The molecule has 1 aliphatic carbocycles. The summed E-state index contributed by atoms with van der Waals surface area (Å²) >= 11 is 0. The molecule has 0 radical (unpaired) electrons. The molecule has 80 valence electrons. The van der Waals surface area contributed by atoms with Crippen LogP contribution >= 0.6 is 0 Å². The molecule has 1 rings (SSSR count). The number of nitrogens with zero attached hydrogens (tertiary/aromatic N) is 2. The van der Waals surface area contributed by atoms with E-state index in [0.29, 0.717) is 0 Å². The van der Waals surface area contributed by atoms with Crippen LogP contribution in [0.15, 0.2) is 24.3 Å². The van der Waals surface area contributed by atoms with Gasteiger partial charge in [0.25, 0.3) is 0 Å². The molecule has 0 aromatic carbocycles. The van der Waals surface area contributed by atoms with E-state index in [4.69, 9.17) is 20.7 Å². The van der Waals surface area contributed by atoms with Gasteiger partial charge in [-0.05, 0) is 0 Å². The smallest absolute Gasteiger partial charge is 0.330 e. The minimum atomic E-state index is -2.40. The highest BCUT2D eigenvalue weighted by Gasteiger charge is 2.61. The van der Waals surface area contributed by atoms with Crippen LogP contribution in [0.3, 0.4) is 0 Å². The van der Waals surface area contributed by atoms with Gasteiger partial charge in [0.05, 0.1) is 12.1 Å². The Hall–Kier alpha value is -2.60. The van der Waals surface area contributed by atoms with E-state index >= 15 is 0 Å². The quantitative estimate of drug-likeness (QED) is 0.687. The van der Waals surface area contributed by atoms with E-state index < -0.39 is 22.8 Å². The molecule has 0 saturated heterocycles. The highest BCUT2D eigenvalue weighted by atomic mass is 16.4. The van der Waals surface area contributed by atoms with Gasteiger partial charge < -0.3 is 10.2 Å². The molecular weight excluding hydrogens is 212 g/mol. The predicted octanol–water partition coefficient (Wildman–Crippen LogP) is 0.302. The fourth-order valence-corrected chi connectivity index (χ4v) is 1.49. The Morgan fingerprint density at radius 1 is 0.938 bits per heavy atom. The molecule has 0 spiro atoms. The van der Waals surface area contributed by atoms with Crippen molar-refractivity contribution in [2.45, 2.75) is 0 Å². The molecule has 2 unspecified atom stereocenters. The van der Waals surface area contributed by atoms with Crippen molar-refractivity contribution >= 4 is 11.9 Å². The number of hydrogen-bond donors (Lipinski definition) is 2. The van der Waals surface area contributed by atoms with Crippen LogP contribution < -0.4 is 0 Å². The Labute approximate surface area is 90.3 Å². The minimum Gasteiger partial charge on any atom is -0.480 e. The van der Waals surface area contributed by atoms with Gasteiger partial charge >= 0.3 is 11.9 Å². The van der Waals surface area contributed by atoms with E-state index in [-0.39, 0.29) is 0 Å². The first kappa shape index (κ1) is 11.5. The molecule has 0 heterocycles. The van der Waals surface area contributed by atoms with Crippen molar-refractivity contribution in [1.29, 1.82) is 10.5 Å². The van der Waals surface area contributed by atoms with Gasteiger partial charge in [0.15, 0.2) is 0 Å². The highest BCUT2D eigenvalue weighted by Crippen LogP contribution is 2.44. The molecule has 0 aliphatic heterocycles. The molecule has 1 aliphatic rings. The third-order valence-corrected chi connectivity index (χ3v) is 2.45. The predicted molar refractivity (Wildman–Crippen MR) is 49.6 cm³/mol. The van der Waals surface area contributed by atoms with Crippen molar-refractivity contribution < 1.29 is 19.8 Å². The van der Waals surface area contributed by atoms with Crippen molar-refractivity contribution in [3.05, 3.63) is 24.3 Å². The normalized spacial score (nSPS) is 31.4. The number of rotatable bonds is 2. The van der Waals surface area contributed by atoms with Crippen LogP contribution in [-0.2, 0) is 9.59 Å². The summed E-state index contributed by atoms with van der Waals surface area (Å²) in [7, 11) is 0. The lowest BCUT2D eigenvalue weighted by Crippen LogP contribution is -2.49. The van der Waals surface area contributed by atoms with Crippen molar-refractivity contribution in [2.24, 2.45) is 10.8 Å². The Balaban J connectivity index is 3.61. The summed E-state index contributed by atoms with van der Waals surface area (Å²) in [6.45, 7) is 0. The molecule has 6 nitrogen and oxygen atoms in total. The number of carboxylic acids is 2. The molecule has 0 amide bonds. The average molecular weight is 218 g/mol. The van der Waals surface area contributed by atoms with Gasteiger partial charge in [-0.3, -0.25) is 9.59 Å². The van der Waals surface area contributed by atoms with Crippen molar-refractivity contribution in [1.82, 2.24) is 0 Å². The molecule has 0 fully saturated rings. The van der Waals surface area contributed by atoms with Gasteiger partial charge in [0.1, 0.15) is 0 Å². The molecule has 16 heavy (non-hydrogen) atoms. The van der Waals surface area contributed by atoms with Gasteiger partial charge in [0, 0.05) is 0 Å². The van der Waals surface area contributed by atoms with E-state index in [1.165, 1.54) is 24.3 Å². The number of aliphatic carboxylic acids is 2. The SMILES string of the molecule is N#CC1(C(=O)O)C=CC=CC1(C#N)C(=O)O. The van der Waals surface area contributed by atoms with Crippen LogP contribution in [-0.4, -0.2) is 22.2 Å². The zero-order valence-electron chi connectivity index (χ0n) is 7.91. The molecule has 0 saturated carbocycles. The van der Waals surface area contributed by atoms with E-state index in [1.807, 2.05) is 0 Å². The molecular formula is C10H6N2O4. The lowest BCUT2D eigenvalue weighted by Gasteiger charge is -2.31. The second-order valence-corrected chi connectivity index (χ2v) is 3.17. The van der Waals surface area contributed by atoms with E-state index in [1.54, 1.807) is 0 Å². The van der Waals surface area contributed by atoms with Crippen LogP contribution in [0.1, 0.15) is 0 Å². The summed E-state index contributed by atoms with van der Waals surface area (Å²) in [6.07, 6.45) is 4.28. The number of carbonyl (C=O) groups is 2. The first-order valence-electron chi connectivity index (χ1n) is 4.13. The average Bonchev–Trinajstić information content (AvgIpc) is 2.27. The van der Waals surface area contributed by atoms with Gasteiger partial charge in [-0.2, -0.15) is 10.5 Å². The lowest BCUT2D eigenvalue weighted by atomic mass is 9.62. The van der Waals surface area contributed by atoms with Crippen LogP contribution in [0.25, 0.3) is 0 Å². The van der Waals surface area contributed by atoms with Crippen molar-refractivity contribution in [3.63, 3.8) is 0 Å². The van der Waals surface area contributed by atoms with Gasteiger partial charge in [-0.25, -0.2) is 0 Å². The van der Waals surface area contributed by atoms with Crippen molar-refractivity contribution in [2.75, 3.05) is 0 Å². The third kappa shape index (κ3) is 1.11. The maximum atomic E-state index is 11.1. The lowest BCUT2D eigenvalue weighted by molar-refractivity contribution is -0.157. The monoisotopic (exact) mass is 218 g/mol. The maximum absolute atomic E-state index is 11.1. The van der Waals surface area contributed by atoms with Crippen LogP contribution in [0, 0.1) is 33.5 Å². The van der Waals surface area contributed by atoms with Gasteiger partial charge in [-0.15, -0.1) is 0 Å². The zero-order chi connectivity index (χ0) is 12.4.